The van der Waals surface area contributed by atoms with Gasteiger partial charge in [-0.15, -0.1) is 0 Å². The number of nitrogens with zero attached hydrogens (tertiary/aromatic N) is 1. The highest BCUT2D eigenvalue weighted by molar-refractivity contribution is 6.30. The Hall–Kier alpha value is -2.06. The van der Waals surface area contributed by atoms with Gasteiger partial charge in [-0.25, -0.2) is 0 Å². The standard InChI is InChI=1S/C17H15ClN2/c1-12-7-8-16(15-6-3-9-19-17(12)15)20-11-13-4-2-5-14(18)10-13/h2-10,20H,11H2,1H3. The molecule has 0 spiro atoms. The highest BCUT2D eigenvalue weighted by atomic mass is 35.5. The SMILES string of the molecule is Cc1ccc(NCc2cccc(Cl)c2)c2cccnc12. The number of rotatable bonds is 3. The summed E-state index contributed by atoms with van der Waals surface area (Å²) in [6.07, 6.45) is 1.83. The van der Waals surface area contributed by atoms with Gasteiger partial charge >= 0.3 is 0 Å². The fraction of sp³-hybridized carbons (Fsp3) is 0.118. The van der Waals surface area contributed by atoms with E-state index in [2.05, 4.69) is 41.5 Å². The maximum Gasteiger partial charge on any atom is 0.0751 e. The molecule has 3 aromatic rings. The molecular weight excluding hydrogens is 268 g/mol. The number of pyridine rings is 1. The molecule has 3 heteroatoms. The lowest BCUT2D eigenvalue weighted by molar-refractivity contribution is 1.15. The summed E-state index contributed by atoms with van der Waals surface area (Å²) >= 11 is 6.00. The number of hydrogen-bond acceptors (Lipinski definition) is 2. The van der Waals surface area contributed by atoms with Gasteiger partial charge in [0.2, 0.25) is 0 Å². The maximum absolute atomic E-state index is 6.00. The highest BCUT2D eigenvalue weighted by Crippen LogP contribution is 2.25. The Morgan fingerprint density at radius 3 is 2.85 bits per heavy atom. The summed E-state index contributed by atoms with van der Waals surface area (Å²) in [5.41, 5.74) is 4.49. The van der Waals surface area contributed by atoms with Gasteiger partial charge in [0.15, 0.2) is 0 Å². The summed E-state index contributed by atoms with van der Waals surface area (Å²) in [5.74, 6) is 0. The van der Waals surface area contributed by atoms with Gasteiger partial charge in [-0.2, -0.15) is 0 Å². The summed E-state index contributed by atoms with van der Waals surface area (Å²) in [5, 5.41) is 5.37. The molecular formula is C17H15ClN2. The molecule has 0 saturated carbocycles. The van der Waals surface area contributed by atoms with Crippen LogP contribution in [0.4, 0.5) is 5.69 Å². The van der Waals surface area contributed by atoms with Crippen LogP contribution in [0, 0.1) is 6.92 Å². The van der Waals surface area contributed by atoms with Crippen LogP contribution in [-0.2, 0) is 6.54 Å². The Bertz CT molecular complexity index is 753. The first-order valence-corrected chi connectivity index (χ1v) is 6.94. The lowest BCUT2D eigenvalue weighted by Crippen LogP contribution is -2.00. The monoisotopic (exact) mass is 282 g/mol. The van der Waals surface area contributed by atoms with Crippen molar-refractivity contribution in [1.29, 1.82) is 0 Å². The molecule has 2 aromatic carbocycles. The van der Waals surface area contributed by atoms with E-state index in [-0.39, 0.29) is 0 Å². The number of hydrogen-bond donors (Lipinski definition) is 1. The van der Waals surface area contributed by atoms with E-state index in [0.29, 0.717) is 0 Å². The third kappa shape index (κ3) is 2.61. The third-order valence-electron chi connectivity index (χ3n) is 3.34. The molecule has 100 valence electrons. The molecule has 0 amide bonds. The van der Waals surface area contributed by atoms with Crippen LogP contribution in [0.5, 0.6) is 0 Å². The number of halogens is 1. The van der Waals surface area contributed by atoms with Gasteiger partial charge in [0.25, 0.3) is 0 Å². The predicted molar refractivity (Wildman–Crippen MR) is 85.3 cm³/mol. The fourth-order valence-corrected chi connectivity index (χ4v) is 2.53. The zero-order valence-electron chi connectivity index (χ0n) is 11.2. The van der Waals surface area contributed by atoms with E-state index in [1.807, 2.05) is 30.5 Å². The van der Waals surface area contributed by atoms with E-state index in [1.165, 1.54) is 5.56 Å². The first-order valence-electron chi connectivity index (χ1n) is 6.57. The van der Waals surface area contributed by atoms with Gasteiger partial charge in [0, 0.05) is 28.8 Å². The fourth-order valence-electron chi connectivity index (χ4n) is 2.31. The first-order chi connectivity index (χ1) is 9.74. The minimum Gasteiger partial charge on any atom is -0.380 e. The van der Waals surface area contributed by atoms with E-state index >= 15 is 0 Å². The lowest BCUT2D eigenvalue weighted by Gasteiger charge is -2.11. The van der Waals surface area contributed by atoms with Gasteiger partial charge in [-0.05, 0) is 48.4 Å². The van der Waals surface area contributed by atoms with Crippen molar-refractivity contribution < 1.29 is 0 Å². The van der Waals surface area contributed by atoms with E-state index in [9.17, 15) is 0 Å². The van der Waals surface area contributed by atoms with Crippen LogP contribution >= 0.6 is 11.6 Å². The molecule has 1 aromatic heterocycles. The van der Waals surface area contributed by atoms with Crippen molar-refractivity contribution in [1.82, 2.24) is 4.98 Å². The molecule has 0 aliphatic rings. The van der Waals surface area contributed by atoms with Crippen molar-refractivity contribution in [3.63, 3.8) is 0 Å². The van der Waals surface area contributed by atoms with Gasteiger partial charge in [0.05, 0.1) is 5.52 Å². The number of benzene rings is 2. The average molecular weight is 283 g/mol. The number of nitrogens with one attached hydrogen (secondary N) is 1. The van der Waals surface area contributed by atoms with Gasteiger partial charge < -0.3 is 5.32 Å². The summed E-state index contributed by atoms with van der Waals surface area (Å²) < 4.78 is 0. The number of anilines is 1. The Labute approximate surface area is 123 Å². The Morgan fingerprint density at radius 1 is 1.10 bits per heavy atom. The molecule has 0 unspecified atom stereocenters. The molecule has 3 rings (SSSR count). The minimum absolute atomic E-state index is 0.744. The van der Waals surface area contributed by atoms with Crippen LogP contribution in [0.3, 0.4) is 0 Å². The molecule has 0 aliphatic heterocycles. The summed E-state index contributed by atoms with van der Waals surface area (Å²) in [7, 11) is 0. The molecule has 20 heavy (non-hydrogen) atoms. The Kier molecular flexibility index (Phi) is 3.57. The first kappa shape index (κ1) is 12.9. The molecule has 0 bridgehead atoms. The number of aryl methyl sites for hydroxylation is 1. The van der Waals surface area contributed by atoms with Crippen LogP contribution in [0.2, 0.25) is 5.02 Å². The number of fused-ring (bicyclic) bond motifs is 1. The molecule has 1 N–H and O–H groups in total. The van der Waals surface area contributed by atoms with Crippen LogP contribution in [0.1, 0.15) is 11.1 Å². The van der Waals surface area contributed by atoms with Crippen molar-refractivity contribution in [3.05, 3.63) is 70.9 Å². The van der Waals surface area contributed by atoms with Gasteiger partial charge in [-0.1, -0.05) is 29.8 Å². The summed E-state index contributed by atoms with van der Waals surface area (Å²) in [6, 6.07) is 16.1. The second-order valence-electron chi connectivity index (χ2n) is 4.81. The van der Waals surface area contributed by atoms with Gasteiger partial charge in [0.1, 0.15) is 0 Å². The maximum atomic E-state index is 6.00. The summed E-state index contributed by atoms with van der Waals surface area (Å²) in [6.45, 7) is 2.82. The predicted octanol–water partition coefficient (Wildman–Crippen LogP) is 4.81. The van der Waals surface area contributed by atoms with Crippen molar-refractivity contribution in [2.45, 2.75) is 13.5 Å². The van der Waals surface area contributed by atoms with Crippen molar-refractivity contribution in [3.8, 4) is 0 Å². The van der Waals surface area contributed by atoms with Crippen LogP contribution in [0.25, 0.3) is 10.9 Å². The smallest absolute Gasteiger partial charge is 0.0751 e. The van der Waals surface area contributed by atoms with Crippen molar-refractivity contribution in [2.75, 3.05) is 5.32 Å². The lowest BCUT2D eigenvalue weighted by atomic mass is 10.1. The van der Waals surface area contributed by atoms with E-state index in [0.717, 1.165) is 33.7 Å². The van der Waals surface area contributed by atoms with Crippen LogP contribution in [-0.4, -0.2) is 4.98 Å². The Morgan fingerprint density at radius 2 is 2.00 bits per heavy atom. The minimum atomic E-state index is 0.744. The molecule has 0 radical (unpaired) electrons. The zero-order valence-corrected chi connectivity index (χ0v) is 12.0. The van der Waals surface area contributed by atoms with Crippen LogP contribution in [0.15, 0.2) is 54.7 Å². The molecule has 0 fully saturated rings. The quantitative estimate of drug-likeness (QED) is 0.746. The van der Waals surface area contributed by atoms with Gasteiger partial charge in [-0.3, -0.25) is 4.98 Å². The van der Waals surface area contributed by atoms with E-state index in [1.54, 1.807) is 0 Å². The van der Waals surface area contributed by atoms with E-state index < -0.39 is 0 Å². The molecule has 0 aliphatic carbocycles. The number of aromatic nitrogens is 1. The average Bonchev–Trinajstić information content (AvgIpc) is 2.47. The van der Waals surface area contributed by atoms with Crippen LogP contribution < -0.4 is 5.32 Å². The summed E-state index contributed by atoms with van der Waals surface area (Å²) in [4.78, 5) is 4.45. The molecule has 0 atom stereocenters. The third-order valence-corrected chi connectivity index (χ3v) is 3.58. The topological polar surface area (TPSA) is 24.9 Å². The molecule has 0 saturated heterocycles. The normalized spacial score (nSPS) is 10.7. The highest BCUT2D eigenvalue weighted by Gasteiger charge is 2.04. The van der Waals surface area contributed by atoms with Crippen molar-refractivity contribution in [2.24, 2.45) is 0 Å². The van der Waals surface area contributed by atoms with Crippen molar-refractivity contribution >= 4 is 28.2 Å². The second-order valence-corrected chi connectivity index (χ2v) is 5.25. The zero-order chi connectivity index (χ0) is 13.9. The second kappa shape index (κ2) is 5.51. The molecule has 1 heterocycles. The Balaban J connectivity index is 1.90. The largest absolute Gasteiger partial charge is 0.380 e. The van der Waals surface area contributed by atoms with E-state index in [4.69, 9.17) is 11.6 Å². The molecule has 2 nitrogen and oxygen atoms in total.